The molecule has 2 aromatic rings. The van der Waals surface area contributed by atoms with Crippen molar-refractivity contribution in [3.63, 3.8) is 0 Å². The lowest BCUT2D eigenvalue weighted by molar-refractivity contribution is -0.143. The number of hydrogen-bond acceptors (Lipinski definition) is 5. The van der Waals surface area contributed by atoms with Crippen LogP contribution in [0, 0.1) is 6.92 Å². The van der Waals surface area contributed by atoms with E-state index in [1.54, 1.807) is 11.3 Å². The maximum atomic E-state index is 12.9. The van der Waals surface area contributed by atoms with Gasteiger partial charge in [-0.15, -0.1) is 11.3 Å². The first-order chi connectivity index (χ1) is 13.6. The van der Waals surface area contributed by atoms with E-state index in [2.05, 4.69) is 9.88 Å². The third-order valence-electron chi connectivity index (χ3n) is 6.18. The van der Waals surface area contributed by atoms with E-state index in [-0.39, 0.29) is 11.9 Å². The summed E-state index contributed by atoms with van der Waals surface area (Å²) in [6, 6.07) is 9.95. The van der Waals surface area contributed by atoms with E-state index in [4.69, 9.17) is 0 Å². The van der Waals surface area contributed by atoms with Crippen molar-refractivity contribution in [2.24, 2.45) is 0 Å². The van der Waals surface area contributed by atoms with E-state index < -0.39 is 5.60 Å². The van der Waals surface area contributed by atoms with Gasteiger partial charge < -0.3 is 10.0 Å². The van der Waals surface area contributed by atoms with Crippen molar-refractivity contribution < 1.29 is 9.90 Å². The Morgan fingerprint density at radius 2 is 2.00 bits per heavy atom. The summed E-state index contributed by atoms with van der Waals surface area (Å²) in [6.07, 6.45) is 4.09. The summed E-state index contributed by atoms with van der Waals surface area (Å²) in [4.78, 5) is 21.7. The summed E-state index contributed by atoms with van der Waals surface area (Å²) in [5.74, 6) is 0.171. The number of benzene rings is 1. The molecule has 3 heterocycles. The number of thiazole rings is 1. The largest absolute Gasteiger partial charge is 0.383 e. The number of carbonyl (C=O) groups excluding carboxylic acids is 1. The number of amides is 1. The van der Waals surface area contributed by atoms with Crippen LogP contribution in [0.2, 0.25) is 0 Å². The lowest BCUT2D eigenvalue weighted by Gasteiger charge is -2.48. The first kappa shape index (κ1) is 19.6. The molecule has 0 bridgehead atoms. The summed E-state index contributed by atoms with van der Waals surface area (Å²) in [6.45, 7) is 5.19. The SMILES string of the molecule is Cc1nc(CCC(=O)N2CC[C@](O)(c3ccccc3)[C@H](N3CCCC3)C2)cs1. The molecular formula is C22H29N3O2S. The van der Waals surface area contributed by atoms with Crippen LogP contribution in [0.1, 0.15) is 41.9 Å². The predicted molar refractivity (Wildman–Crippen MR) is 111 cm³/mol. The Hall–Kier alpha value is -1.76. The van der Waals surface area contributed by atoms with Crippen LogP contribution in [0.4, 0.5) is 0 Å². The number of likely N-dealkylation sites (tertiary alicyclic amines) is 2. The number of aliphatic hydroxyl groups is 1. The molecule has 0 spiro atoms. The van der Waals surface area contributed by atoms with E-state index in [9.17, 15) is 9.90 Å². The van der Waals surface area contributed by atoms with Gasteiger partial charge in [-0.25, -0.2) is 4.98 Å². The molecule has 1 aromatic heterocycles. The molecule has 28 heavy (non-hydrogen) atoms. The van der Waals surface area contributed by atoms with Gasteiger partial charge in [-0.1, -0.05) is 30.3 Å². The lowest BCUT2D eigenvalue weighted by Crippen LogP contribution is -2.61. The summed E-state index contributed by atoms with van der Waals surface area (Å²) < 4.78 is 0. The van der Waals surface area contributed by atoms with Crippen molar-refractivity contribution in [3.8, 4) is 0 Å². The number of aryl methyl sites for hydroxylation is 2. The summed E-state index contributed by atoms with van der Waals surface area (Å²) >= 11 is 1.63. The van der Waals surface area contributed by atoms with Crippen LogP contribution >= 0.6 is 11.3 Å². The maximum Gasteiger partial charge on any atom is 0.223 e. The highest BCUT2D eigenvalue weighted by Gasteiger charge is 2.47. The molecule has 5 nitrogen and oxygen atoms in total. The third-order valence-corrected chi connectivity index (χ3v) is 7.00. The van der Waals surface area contributed by atoms with Crippen LogP contribution < -0.4 is 0 Å². The fourth-order valence-electron chi connectivity index (χ4n) is 4.60. The number of hydrogen-bond donors (Lipinski definition) is 1. The Labute approximate surface area is 171 Å². The quantitative estimate of drug-likeness (QED) is 0.840. The molecule has 4 rings (SSSR count). The lowest BCUT2D eigenvalue weighted by atomic mass is 9.79. The van der Waals surface area contributed by atoms with Crippen molar-refractivity contribution >= 4 is 17.2 Å². The minimum Gasteiger partial charge on any atom is -0.383 e. The van der Waals surface area contributed by atoms with Gasteiger partial charge in [0.1, 0.15) is 5.60 Å². The second-order valence-electron chi connectivity index (χ2n) is 8.00. The van der Waals surface area contributed by atoms with Gasteiger partial charge >= 0.3 is 0 Å². The zero-order valence-corrected chi connectivity index (χ0v) is 17.3. The molecule has 0 unspecified atom stereocenters. The van der Waals surface area contributed by atoms with Gasteiger partial charge in [-0.3, -0.25) is 9.69 Å². The normalized spacial score (nSPS) is 25.9. The third kappa shape index (κ3) is 4.00. The molecule has 0 aliphatic carbocycles. The molecule has 2 aliphatic rings. The van der Waals surface area contributed by atoms with Crippen molar-refractivity contribution in [3.05, 3.63) is 52.0 Å². The first-order valence-corrected chi connectivity index (χ1v) is 11.1. The smallest absolute Gasteiger partial charge is 0.223 e. The summed E-state index contributed by atoms with van der Waals surface area (Å²) in [7, 11) is 0. The fourth-order valence-corrected chi connectivity index (χ4v) is 5.25. The van der Waals surface area contributed by atoms with Crippen molar-refractivity contribution in [1.29, 1.82) is 0 Å². The van der Waals surface area contributed by atoms with Gasteiger partial charge in [-0.05, 0) is 51.3 Å². The van der Waals surface area contributed by atoms with Crippen LogP contribution in [0.15, 0.2) is 35.7 Å². The number of piperidine rings is 1. The molecule has 1 N–H and O–H groups in total. The van der Waals surface area contributed by atoms with Crippen molar-refractivity contribution in [2.45, 2.75) is 50.7 Å². The highest BCUT2D eigenvalue weighted by molar-refractivity contribution is 7.09. The zero-order valence-electron chi connectivity index (χ0n) is 16.5. The van der Waals surface area contributed by atoms with E-state index in [0.717, 1.165) is 29.4 Å². The number of aromatic nitrogens is 1. The van der Waals surface area contributed by atoms with Gasteiger partial charge in [0.05, 0.1) is 16.7 Å². The van der Waals surface area contributed by atoms with E-state index in [0.29, 0.717) is 32.4 Å². The Kier molecular flexibility index (Phi) is 5.80. The van der Waals surface area contributed by atoms with Gasteiger partial charge in [0.25, 0.3) is 0 Å². The van der Waals surface area contributed by atoms with Crippen LogP contribution in [0.25, 0.3) is 0 Å². The van der Waals surface area contributed by atoms with Gasteiger partial charge in [-0.2, -0.15) is 0 Å². The van der Waals surface area contributed by atoms with Crippen LogP contribution in [-0.2, 0) is 16.8 Å². The highest BCUT2D eigenvalue weighted by Crippen LogP contribution is 2.37. The zero-order chi connectivity index (χ0) is 19.6. The van der Waals surface area contributed by atoms with E-state index in [1.165, 1.54) is 12.8 Å². The fraction of sp³-hybridized carbons (Fsp3) is 0.545. The Morgan fingerprint density at radius 3 is 2.68 bits per heavy atom. The maximum absolute atomic E-state index is 12.9. The second-order valence-corrected chi connectivity index (χ2v) is 9.06. The van der Waals surface area contributed by atoms with Crippen LogP contribution in [0.5, 0.6) is 0 Å². The topological polar surface area (TPSA) is 56.7 Å². The second kappa shape index (κ2) is 8.31. The molecule has 2 saturated heterocycles. The number of carbonyl (C=O) groups is 1. The molecular weight excluding hydrogens is 370 g/mol. The Bertz CT molecular complexity index is 803. The molecule has 2 atom stereocenters. The molecule has 6 heteroatoms. The molecule has 1 aromatic carbocycles. The van der Waals surface area contributed by atoms with Crippen LogP contribution in [-0.4, -0.2) is 58.0 Å². The van der Waals surface area contributed by atoms with Gasteiger partial charge in [0.2, 0.25) is 5.91 Å². The first-order valence-electron chi connectivity index (χ1n) is 10.3. The number of nitrogens with zero attached hydrogens (tertiary/aromatic N) is 3. The summed E-state index contributed by atoms with van der Waals surface area (Å²) in [5, 5.41) is 14.8. The Morgan fingerprint density at radius 1 is 1.25 bits per heavy atom. The van der Waals surface area contributed by atoms with Crippen molar-refractivity contribution in [1.82, 2.24) is 14.8 Å². The standard InChI is InChI=1S/C22H29N3O2S/c1-17-23-19(16-28-17)9-10-21(26)25-14-11-22(27,18-7-3-2-4-8-18)20(15-25)24-12-5-6-13-24/h2-4,7-8,16,20,27H,5-6,9-15H2,1H3/t20-,22+/m1/s1. The monoisotopic (exact) mass is 399 g/mol. The van der Waals surface area contributed by atoms with Gasteiger partial charge in [0.15, 0.2) is 0 Å². The highest BCUT2D eigenvalue weighted by atomic mass is 32.1. The van der Waals surface area contributed by atoms with Crippen molar-refractivity contribution in [2.75, 3.05) is 26.2 Å². The number of rotatable bonds is 5. The average molecular weight is 400 g/mol. The Balaban J connectivity index is 1.48. The van der Waals surface area contributed by atoms with Crippen LogP contribution in [0.3, 0.4) is 0 Å². The molecule has 2 aliphatic heterocycles. The average Bonchev–Trinajstić information content (AvgIpc) is 3.39. The minimum atomic E-state index is -0.894. The molecule has 0 radical (unpaired) electrons. The van der Waals surface area contributed by atoms with E-state index >= 15 is 0 Å². The molecule has 150 valence electrons. The van der Waals surface area contributed by atoms with Gasteiger partial charge in [0, 0.05) is 24.9 Å². The molecule has 0 saturated carbocycles. The minimum absolute atomic E-state index is 0.0448. The molecule has 2 fully saturated rings. The summed E-state index contributed by atoms with van der Waals surface area (Å²) in [5.41, 5.74) is 1.08. The predicted octanol–water partition coefficient (Wildman–Crippen LogP) is 2.97. The van der Waals surface area contributed by atoms with E-state index in [1.807, 2.05) is 47.5 Å². The molecule has 1 amide bonds.